The predicted molar refractivity (Wildman–Crippen MR) is 149 cm³/mol. The molecule has 2 N–H and O–H groups in total. The van der Waals surface area contributed by atoms with Gasteiger partial charge in [0.15, 0.2) is 5.82 Å². The smallest absolute Gasteiger partial charge is 0.249 e. The second-order valence-corrected chi connectivity index (χ2v) is 12.8. The monoisotopic (exact) mass is 580 g/mol. The molecule has 3 atom stereocenters. The van der Waals surface area contributed by atoms with Crippen molar-refractivity contribution in [2.24, 2.45) is 17.6 Å². The van der Waals surface area contributed by atoms with Gasteiger partial charge in [-0.3, -0.25) is 4.31 Å². The van der Waals surface area contributed by atoms with E-state index in [1.54, 1.807) is 32.2 Å². The second kappa shape index (κ2) is 11.4. The number of sulfonamides is 1. The zero-order valence-electron chi connectivity index (χ0n) is 22.7. The predicted octanol–water partition coefficient (Wildman–Crippen LogP) is 3.85. The van der Waals surface area contributed by atoms with Crippen LogP contribution in [0.5, 0.6) is 0 Å². The molecule has 0 spiro atoms. The van der Waals surface area contributed by atoms with Gasteiger partial charge < -0.3 is 19.8 Å². The molecule has 1 aromatic carbocycles. The van der Waals surface area contributed by atoms with Crippen LogP contribution in [0.1, 0.15) is 31.7 Å². The normalized spacial score (nSPS) is 18.6. The molecule has 1 saturated carbocycles. The Bertz CT molecular complexity index is 1420. The number of pyridine rings is 1. The average molecular weight is 581 g/mol. The zero-order valence-corrected chi connectivity index (χ0v) is 24.3. The van der Waals surface area contributed by atoms with Crippen LogP contribution < -0.4 is 14.9 Å². The van der Waals surface area contributed by atoms with Crippen LogP contribution in [0.3, 0.4) is 0 Å². The van der Waals surface area contributed by atoms with Gasteiger partial charge in [0.05, 0.1) is 29.0 Å². The van der Waals surface area contributed by atoms with Crippen molar-refractivity contribution in [3.63, 3.8) is 0 Å². The van der Waals surface area contributed by atoms with Crippen LogP contribution in [-0.4, -0.2) is 63.7 Å². The van der Waals surface area contributed by atoms with Crippen LogP contribution in [0.25, 0.3) is 11.5 Å². The number of aromatic nitrogens is 3. The van der Waals surface area contributed by atoms with Gasteiger partial charge in [0.1, 0.15) is 11.6 Å². The maximum absolute atomic E-state index is 13.3. The van der Waals surface area contributed by atoms with Crippen LogP contribution in [0.4, 0.5) is 16.0 Å². The summed E-state index contributed by atoms with van der Waals surface area (Å²) in [5.74, 6) is 1.53. The summed E-state index contributed by atoms with van der Waals surface area (Å²) in [6.45, 7) is 5.66. The summed E-state index contributed by atoms with van der Waals surface area (Å²) >= 11 is 6.73. The standard InChI is InChI=1S/C26H34ClFN6O4S/c1-16-12-18(16)15-34(10-11-37-4)21-13-20(22(27)23(30-21)33(3)39(5,35)36)24-31-32-25(38-24)26(2,29)14-17-6-8-19(28)9-7-17/h6-9,13,16,18H,10-12,14-15,29H2,1-5H3/t16?,18?,26-/m0/s1. The number of nitrogens with two attached hydrogens (primary N) is 1. The molecule has 39 heavy (non-hydrogen) atoms. The molecule has 4 rings (SSSR count). The minimum absolute atomic E-state index is 0.0412. The van der Waals surface area contributed by atoms with Gasteiger partial charge in [0.25, 0.3) is 0 Å². The maximum Gasteiger partial charge on any atom is 0.249 e. The van der Waals surface area contributed by atoms with E-state index in [9.17, 15) is 12.8 Å². The maximum atomic E-state index is 13.3. The van der Waals surface area contributed by atoms with Crippen molar-refractivity contribution in [1.82, 2.24) is 15.2 Å². The first kappa shape index (κ1) is 29.2. The van der Waals surface area contributed by atoms with Crippen LogP contribution in [0.2, 0.25) is 5.02 Å². The third-order valence-corrected chi connectivity index (χ3v) is 8.51. The van der Waals surface area contributed by atoms with Crippen LogP contribution in [0, 0.1) is 17.7 Å². The van der Waals surface area contributed by atoms with Crippen molar-refractivity contribution in [2.45, 2.75) is 32.2 Å². The average Bonchev–Trinajstić information content (AvgIpc) is 3.34. The summed E-state index contributed by atoms with van der Waals surface area (Å²) in [5, 5.41) is 8.42. The molecule has 212 valence electrons. The highest BCUT2D eigenvalue weighted by atomic mass is 35.5. The molecule has 2 aromatic heterocycles. The van der Waals surface area contributed by atoms with Crippen molar-refractivity contribution in [2.75, 3.05) is 49.3 Å². The number of ether oxygens (including phenoxy) is 1. The van der Waals surface area contributed by atoms with Gasteiger partial charge in [-0.2, -0.15) is 0 Å². The van der Waals surface area contributed by atoms with E-state index in [1.165, 1.54) is 19.2 Å². The minimum Gasteiger partial charge on any atom is -0.419 e. The third kappa shape index (κ3) is 6.86. The highest BCUT2D eigenvalue weighted by Crippen LogP contribution is 2.41. The molecule has 3 aromatic rings. The largest absolute Gasteiger partial charge is 0.419 e. The number of rotatable bonds is 12. The number of benzene rings is 1. The van der Waals surface area contributed by atoms with Gasteiger partial charge >= 0.3 is 0 Å². The molecule has 0 saturated heterocycles. The fourth-order valence-corrected chi connectivity index (χ4v) is 5.09. The van der Waals surface area contributed by atoms with E-state index < -0.39 is 15.6 Å². The summed E-state index contributed by atoms with van der Waals surface area (Å²) in [4.78, 5) is 6.69. The van der Waals surface area contributed by atoms with E-state index in [0.29, 0.717) is 42.8 Å². The molecular weight excluding hydrogens is 547 g/mol. The summed E-state index contributed by atoms with van der Waals surface area (Å²) in [7, 11) is -0.672. The zero-order chi connectivity index (χ0) is 28.5. The first-order valence-electron chi connectivity index (χ1n) is 12.6. The summed E-state index contributed by atoms with van der Waals surface area (Å²) < 4.78 is 50.6. The first-order chi connectivity index (χ1) is 18.3. The molecule has 1 aliphatic carbocycles. The lowest BCUT2D eigenvalue weighted by molar-refractivity contribution is 0.204. The van der Waals surface area contributed by atoms with Crippen molar-refractivity contribution in [3.8, 4) is 11.5 Å². The molecular formula is C26H34ClFN6O4S. The number of methoxy groups -OCH3 is 1. The lowest BCUT2D eigenvalue weighted by Crippen LogP contribution is -2.35. The Morgan fingerprint density at radius 1 is 1.28 bits per heavy atom. The fraction of sp³-hybridized carbons (Fsp3) is 0.500. The van der Waals surface area contributed by atoms with Gasteiger partial charge in [-0.1, -0.05) is 30.7 Å². The van der Waals surface area contributed by atoms with Crippen molar-refractivity contribution in [1.29, 1.82) is 0 Å². The molecule has 0 aliphatic heterocycles. The Labute approximate surface area is 233 Å². The van der Waals surface area contributed by atoms with Crippen LogP contribution in [-0.2, 0) is 26.7 Å². The topological polar surface area (TPSA) is 128 Å². The molecule has 2 unspecified atom stereocenters. The molecule has 13 heteroatoms. The summed E-state index contributed by atoms with van der Waals surface area (Å²) in [6, 6.07) is 7.73. The Morgan fingerprint density at radius 2 is 1.95 bits per heavy atom. The van der Waals surface area contributed by atoms with Gasteiger partial charge in [0, 0.05) is 27.2 Å². The van der Waals surface area contributed by atoms with Gasteiger partial charge in [-0.15, -0.1) is 10.2 Å². The fourth-order valence-electron chi connectivity index (χ4n) is 4.29. The van der Waals surface area contributed by atoms with E-state index in [-0.39, 0.29) is 28.4 Å². The van der Waals surface area contributed by atoms with Gasteiger partial charge in [-0.05, 0) is 55.4 Å². The Morgan fingerprint density at radius 3 is 2.54 bits per heavy atom. The number of hydrogen-bond donors (Lipinski definition) is 1. The Kier molecular flexibility index (Phi) is 8.50. The minimum atomic E-state index is -3.68. The van der Waals surface area contributed by atoms with E-state index >= 15 is 0 Å². The molecule has 0 bridgehead atoms. The first-order valence-corrected chi connectivity index (χ1v) is 14.8. The highest BCUT2D eigenvalue weighted by Gasteiger charge is 2.35. The van der Waals surface area contributed by atoms with Crippen molar-refractivity contribution < 1.29 is 22.0 Å². The SMILES string of the molecule is COCCN(CC1CC1C)c1cc(-c2nnc([C@@](C)(N)Cc3ccc(F)cc3)o2)c(Cl)c(N(C)S(C)(=O)=O)n1. The van der Waals surface area contributed by atoms with Gasteiger partial charge in [-0.25, -0.2) is 17.8 Å². The molecule has 10 nitrogen and oxygen atoms in total. The highest BCUT2D eigenvalue weighted by molar-refractivity contribution is 7.92. The number of nitrogens with zero attached hydrogens (tertiary/aromatic N) is 5. The molecule has 1 aliphatic rings. The van der Waals surface area contributed by atoms with Crippen molar-refractivity contribution in [3.05, 3.63) is 52.6 Å². The third-order valence-electron chi connectivity index (χ3n) is 6.97. The molecule has 0 amide bonds. The van der Waals surface area contributed by atoms with Crippen LogP contribution in [0.15, 0.2) is 34.7 Å². The second-order valence-electron chi connectivity index (χ2n) is 10.4. The van der Waals surface area contributed by atoms with E-state index in [4.69, 9.17) is 26.5 Å². The quantitative estimate of drug-likeness (QED) is 0.340. The van der Waals surface area contributed by atoms with E-state index in [1.807, 2.05) is 0 Å². The lowest BCUT2D eigenvalue weighted by Gasteiger charge is -2.26. The number of halogens is 2. The molecule has 2 heterocycles. The summed E-state index contributed by atoms with van der Waals surface area (Å²) in [6.07, 6.45) is 2.50. The Balaban J connectivity index is 1.75. The Hall–Kier alpha value is -2.80. The van der Waals surface area contributed by atoms with Crippen molar-refractivity contribution >= 4 is 33.3 Å². The van der Waals surface area contributed by atoms with E-state index in [2.05, 4.69) is 27.0 Å². The number of hydrogen-bond acceptors (Lipinski definition) is 9. The number of anilines is 2. The van der Waals surface area contributed by atoms with Crippen LogP contribution >= 0.6 is 11.6 Å². The van der Waals surface area contributed by atoms with Gasteiger partial charge in [0.2, 0.25) is 21.8 Å². The molecule has 0 radical (unpaired) electrons. The summed E-state index contributed by atoms with van der Waals surface area (Å²) in [5.41, 5.74) is 6.60. The van der Waals surface area contributed by atoms with E-state index in [0.717, 1.165) is 29.1 Å². The lowest BCUT2D eigenvalue weighted by atomic mass is 9.94. The molecule has 1 fully saturated rings.